The van der Waals surface area contributed by atoms with Gasteiger partial charge in [0.2, 0.25) is 5.88 Å². The summed E-state index contributed by atoms with van der Waals surface area (Å²) in [5.74, 6) is 0.286. The van der Waals surface area contributed by atoms with Gasteiger partial charge in [-0.15, -0.1) is 0 Å². The monoisotopic (exact) mass is 274 g/mol. The van der Waals surface area contributed by atoms with E-state index in [4.69, 9.17) is 19.7 Å². The minimum atomic E-state index is -0.319. The van der Waals surface area contributed by atoms with Crippen molar-refractivity contribution in [1.29, 1.82) is 0 Å². The Labute approximate surface area is 117 Å². The lowest BCUT2D eigenvalue weighted by Gasteiger charge is -2.27. The van der Waals surface area contributed by atoms with E-state index < -0.39 is 0 Å². The summed E-state index contributed by atoms with van der Waals surface area (Å²) >= 11 is 0. The topological polar surface area (TPSA) is 70.5 Å². The Morgan fingerprint density at radius 2 is 2.10 bits per heavy atom. The highest BCUT2D eigenvalue weighted by Gasteiger charge is 2.25. The van der Waals surface area contributed by atoms with Gasteiger partial charge in [-0.25, -0.2) is 0 Å². The Kier molecular flexibility index (Phi) is 3.99. The molecule has 0 amide bonds. The maximum absolute atomic E-state index is 6.08. The third kappa shape index (κ3) is 3.00. The third-order valence-electron chi connectivity index (χ3n) is 3.34. The quantitative estimate of drug-likeness (QED) is 0.928. The normalized spacial score (nSPS) is 20.7. The molecule has 1 aliphatic rings. The van der Waals surface area contributed by atoms with Crippen LogP contribution in [0.4, 0.5) is 5.88 Å². The molecule has 106 valence electrons. The predicted molar refractivity (Wildman–Crippen MR) is 73.9 cm³/mol. The number of anilines is 1. The average molecular weight is 274 g/mol. The van der Waals surface area contributed by atoms with E-state index in [1.807, 2.05) is 30.3 Å². The van der Waals surface area contributed by atoms with E-state index in [0.717, 1.165) is 31.4 Å². The standard InChI is InChI=1S/C15H18N2O3/c16-13-10-12(17-20-13)15(11-6-2-1-3-7-11)19-14-8-4-5-9-18-14/h1-3,6-7,10,14-15H,4-5,8-9,16H2. The summed E-state index contributed by atoms with van der Waals surface area (Å²) < 4.78 is 16.7. The minimum Gasteiger partial charge on any atom is -0.368 e. The number of nitrogens with zero attached hydrogens (tertiary/aromatic N) is 1. The van der Waals surface area contributed by atoms with Crippen LogP contribution in [-0.2, 0) is 9.47 Å². The Morgan fingerprint density at radius 3 is 2.75 bits per heavy atom. The summed E-state index contributed by atoms with van der Waals surface area (Å²) in [6.07, 6.45) is 2.59. The summed E-state index contributed by atoms with van der Waals surface area (Å²) in [5, 5.41) is 3.98. The van der Waals surface area contributed by atoms with Crippen LogP contribution in [0.25, 0.3) is 0 Å². The summed E-state index contributed by atoms with van der Waals surface area (Å²) in [6.45, 7) is 0.743. The highest BCUT2D eigenvalue weighted by atomic mass is 16.7. The Balaban J connectivity index is 1.83. The van der Waals surface area contributed by atoms with Crippen molar-refractivity contribution in [3.8, 4) is 0 Å². The molecule has 2 aromatic rings. The van der Waals surface area contributed by atoms with Crippen LogP contribution < -0.4 is 5.73 Å². The van der Waals surface area contributed by atoms with E-state index in [9.17, 15) is 0 Å². The number of nitrogen functional groups attached to an aromatic ring is 1. The van der Waals surface area contributed by atoms with Crippen molar-refractivity contribution in [3.63, 3.8) is 0 Å². The van der Waals surface area contributed by atoms with E-state index >= 15 is 0 Å². The molecule has 2 heterocycles. The maximum Gasteiger partial charge on any atom is 0.222 e. The van der Waals surface area contributed by atoms with Gasteiger partial charge < -0.3 is 19.7 Å². The molecule has 1 saturated heterocycles. The number of hydrogen-bond acceptors (Lipinski definition) is 5. The van der Waals surface area contributed by atoms with Crippen molar-refractivity contribution in [2.75, 3.05) is 12.3 Å². The molecular weight excluding hydrogens is 256 g/mol. The molecule has 1 aliphatic heterocycles. The van der Waals surface area contributed by atoms with E-state index in [0.29, 0.717) is 5.69 Å². The maximum atomic E-state index is 6.08. The van der Waals surface area contributed by atoms with Crippen molar-refractivity contribution in [2.45, 2.75) is 31.7 Å². The van der Waals surface area contributed by atoms with Gasteiger partial charge in [-0.05, 0) is 24.8 Å². The van der Waals surface area contributed by atoms with Gasteiger partial charge in [0.15, 0.2) is 6.29 Å². The van der Waals surface area contributed by atoms with Gasteiger partial charge in [-0.2, -0.15) is 0 Å². The van der Waals surface area contributed by atoms with Crippen LogP contribution in [0.1, 0.15) is 36.6 Å². The van der Waals surface area contributed by atoms with E-state index in [-0.39, 0.29) is 18.3 Å². The number of aromatic nitrogens is 1. The molecule has 1 fully saturated rings. The Morgan fingerprint density at radius 1 is 1.25 bits per heavy atom. The molecule has 1 aromatic carbocycles. The van der Waals surface area contributed by atoms with Gasteiger partial charge in [-0.1, -0.05) is 35.5 Å². The first-order valence-corrected chi connectivity index (χ1v) is 6.87. The smallest absolute Gasteiger partial charge is 0.222 e. The lowest BCUT2D eigenvalue weighted by molar-refractivity contribution is -0.182. The molecule has 0 spiro atoms. The predicted octanol–water partition coefficient (Wildman–Crippen LogP) is 2.89. The molecule has 2 atom stereocenters. The molecule has 0 saturated carbocycles. The van der Waals surface area contributed by atoms with Crippen molar-refractivity contribution in [2.24, 2.45) is 0 Å². The average Bonchev–Trinajstić information content (AvgIpc) is 2.93. The third-order valence-corrected chi connectivity index (χ3v) is 3.34. The fourth-order valence-electron chi connectivity index (χ4n) is 2.34. The zero-order valence-corrected chi connectivity index (χ0v) is 11.2. The highest BCUT2D eigenvalue weighted by molar-refractivity contribution is 5.31. The van der Waals surface area contributed by atoms with Crippen molar-refractivity contribution in [1.82, 2.24) is 5.16 Å². The second-order valence-corrected chi connectivity index (χ2v) is 4.88. The van der Waals surface area contributed by atoms with Gasteiger partial charge >= 0.3 is 0 Å². The fraction of sp³-hybridized carbons (Fsp3) is 0.400. The van der Waals surface area contributed by atoms with Gasteiger partial charge in [0, 0.05) is 12.7 Å². The summed E-state index contributed by atoms with van der Waals surface area (Å²) in [4.78, 5) is 0. The molecule has 5 heteroatoms. The van der Waals surface area contributed by atoms with Crippen LogP contribution in [0, 0.1) is 0 Å². The molecule has 0 bridgehead atoms. The van der Waals surface area contributed by atoms with Crippen LogP contribution in [0.3, 0.4) is 0 Å². The number of rotatable bonds is 4. The molecule has 3 rings (SSSR count). The number of hydrogen-bond donors (Lipinski definition) is 1. The van der Waals surface area contributed by atoms with Crippen molar-refractivity contribution >= 4 is 5.88 Å². The summed E-state index contributed by atoms with van der Waals surface area (Å²) in [5.41, 5.74) is 7.29. The van der Waals surface area contributed by atoms with Gasteiger partial charge in [0.1, 0.15) is 11.8 Å². The van der Waals surface area contributed by atoms with Crippen molar-refractivity contribution < 1.29 is 14.0 Å². The van der Waals surface area contributed by atoms with E-state index in [1.165, 1.54) is 0 Å². The number of nitrogens with two attached hydrogens (primary N) is 1. The number of ether oxygens (including phenoxy) is 2. The summed E-state index contributed by atoms with van der Waals surface area (Å²) in [7, 11) is 0. The molecule has 5 nitrogen and oxygen atoms in total. The fourth-order valence-corrected chi connectivity index (χ4v) is 2.34. The second-order valence-electron chi connectivity index (χ2n) is 4.88. The molecule has 1 aromatic heterocycles. The number of benzene rings is 1. The van der Waals surface area contributed by atoms with Crippen LogP contribution in [0.5, 0.6) is 0 Å². The van der Waals surface area contributed by atoms with Gasteiger partial charge in [0.05, 0.1) is 0 Å². The van der Waals surface area contributed by atoms with Crippen LogP contribution in [0.15, 0.2) is 40.9 Å². The van der Waals surface area contributed by atoms with Gasteiger partial charge in [-0.3, -0.25) is 0 Å². The zero-order chi connectivity index (χ0) is 13.8. The van der Waals surface area contributed by atoms with Crippen LogP contribution in [-0.4, -0.2) is 18.1 Å². The lowest BCUT2D eigenvalue weighted by atomic mass is 10.1. The highest BCUT2D eigenvalue weighted by Crippen LogP contribution is 2.30. The first kappa shape index (κ1) is 13.1. The first-order chi connectivity index (χ1) is 9.83. The van der Waals surface area contributed by atoms with E-state index in [2.05, 4.69) is 5.16 Å². The molecule has 0 radical (unpaired) electrons. The first-order valence-electron chi connectivity index (χ1n) is 6.87. The Hall–Kier alpha value is -1.85. The molecular formula is C15H18N2O3. The second kappa shape index (κ2) is 6.07. The zero-order valence-electron chi connectivity index (χ0n) is 11.2. The summed E-state index contributed by atoms with van der Waals surface area (Å²) in [6, 6.07) is 11.6. The minimum absolute atomic E-state index is 0.202. The van der Waals surface area contributed by atoms with Crippen LogP contribution in [0.2, 0.25) is 0 Å². The SMILES string of the molecule is Nc1cc(C(OC2CCCCO2)c2ccccc2)no1. The van der Waals surface area contributed by atoms with Gasteiger partial charge in [0.25, 0.3) is 0 Å². The largest absolute Gasteiger partial charge is 0.368 e. The molecule has 2 unspecified atom stereocenters. The Bertz CT molecular complexity index is 535. The van der Waals surface area contributed by atoms with Crippen molar-refractivity contribution in [3.05, 3.63) is 47.7 Å². The van der Waals surface area contributed by atoms with E-state index in [1.54, 1.807) is 6.07 Å². The molecule has 0 aliphatic carbocycles. The molecule has 2 N–H and O–H groups in total. The lowest BCUT2D eigenvalue weighted by Crippen LogP contribution is -2.25. The molecule has 20 heavy (non-hydrogen) atoms. The van der Waals surface area contributed by atoms with Crippen LogP contribution >= 0.6 is 0 Å².